The average molecular weight is 276 g/mol. The molecule has 20 heavy (non-hydrogen) atoms. The molecule has 0 radical (unpaired) electrons. The Labute approximate surface area is 120 Å². The zero-order valence-electron chi connectivity index (χ0n) is 12.2. The molecule has 4 saturated carbocycles. The molecule has 0 aromatic rings. The van der Waals surface area contributed by atoms with Gasteiger partial charge in [0.25, 0.3) is 0 Å². The van der Waals surface area contributed by atoms with Crippen molar-refractivity contribution in [1.29, 1.82) is 0 Å². The number of carbonyl (C=O) groups excluding carboxylic acids is 2. The fourth-order valence-corrected chi connectivity index (χ4v) is 6.01. The summed E-state index contributed by atoms with van der Waals surface area (Å²) in [6, 6.07) is 0.367. The SMILES string of the molecule is CC(N1CC(=O)NC(=O)C1)C12CC3CC(CC(C3)C1)C2. The third-order valence-electron chi connectivity index (χ3n) is 6.49. The van der Waals surface area contributed by atoms with Gasteiger partial charge in [-0.2, -0.15) is 0 Å². The van der Waals surface area contributed by atoms with Gasteiger partial charge in [-0.3, -0.25) is 19.8 Å². The lowest BCUT2D eigenvalue weighted by atomic mass is 9.47. The van der Waals surface area contributed by atoms with E-state index in [0.29, 0.717) is 24.5 Å². The van der Waals surface area contributed by atoms with Crippen molar-refractivity contribution in [2.45, 2.75) is 51.5 Å². The first kappa shape index (κ1) is 12.8. The molecule has 0 spiro atoms. The van der Waals surface area contributed by atoms with Gasteiger partial charge >= 0.3 is 0 Å². The van der Waals surface area contributed by atoms with Gasteiger partial charge in [0.05, 0.1) is 13.1 Å². The quantitative estimate of drug-likeness (QED) is 0.779. The van der Waals surface area contributed by atoms with Crippen LogP contribution < -0.4 is 5.32 Å². The molecule has 0 aromatic heterocycles. The molecule has 0 aromatic carbocycles. The maximum absolute atomic E-state index is 11.6. The summed E-state index contributed by atoms with van der Waals surface area (Å²) in [6.45, 7) is 3.06. The number of nitrogens with zero attached hydrogens (tertiary/aromatic N) is 1. The van der Waals surface area contributed by atoms with Gasteiger partial charge in [-0.1, -0.05) is 0 Å². The summed E-state index contributed by atoms with van der Waals surface area (Å²) in [5, 5.41) is 2.42. The Morgan fingerprint density at radius 3 is 1.90 bits per heavy atom. The number of amides is 2. The van der Waals surface area contributed by atoms with Crippen molar-refractivity contribution >= 4 is 11.8 Å². The van der Waals surface area contributed by atoms with E-state index in [2.05, 4.69) is 17.1 Å². The summed E-state index contributed by atoms with van der Waals surface area (Å²) in [5.41, 5.74) is 0.382. The van der Waals surface area contributed by atoms with E-state index in [9.17, 15) is 9.59 Å². The molecule has 4 aliphatic carbocycles. The number of rotatable bonds is 2. The Morgan fingerprint density at radius 2 is 1.45 bits per heavy atom. The lowest BCUT2D eigenvalue weighted by molar-refractivity contribution is -0.142. The molecule has 1 aliphatic heterocycles. The molecule has 1 unspecified atom stereocenters. The van der Waals surface area contributed by atoms with Crippen molar-refractivity contribution in [1.82, 2.24) is 10.2 Å². The second-order valence-corrected chi connectivity index (χ2v) is 7.83. The fraction of sp³-hybridized carbons (Fsp3) is 0.875. The first-order valence-electron chi connectivity index (χ1n) is 8.11. The van der Waals surface area contributed by atoms with E-state index in [4.69, 9.17) is 0 Å². The van der Waals surface area contributed by atoms with Gasteiger partial charge in [0, 0.05) is 6.04 Å². The summed E-state index contributed by atoms with van der Waals surface area (Å²) >= 11 is 0. The average Bonchev–Trinajstić information content (AvgIpc) is 2.35. The predicted molar refractivity (Wildman–Crippen MR) is 74.8 cm³/mol. The molecule has 1 heterocycles. The maximum atomic E-state index is 11.6. The van der Waals surface area contributed by atoms with E-state index in [1.807, 2.05) is 0 Å². The van der Waals surface area contributed by atoms with Crippen molar-refractivity contribution < 1.29 is 9.59 Å². The fourth-order valence-electron chi connectivity index (χ4n) is 6.01. The van der Waals surface area contributed by atoms with Gasteiger partial charge in [-0.25, -0.2) is 0 Å². The van der Waals surface area contributed by atoms with Crippen molar-refractivity contribution in [3.63, 3.8) is 0 Å². The number of piperazine rings is 1. The highest BCUT2D eigenvalue weighted by Crippen LogP contribution is 2.61. The van der Waals surface area contributed by atoms with Crippen molar-refractivity contribution in [2.75, 3.05) is 13.1 Å². The molecule has 4 heteroatoms. The molecular formula is C16H24N2O2. The Kier molecular flexibility index (Phi) is 2.75. The van der Waals surface area contributed by atoms with E-state index < -0.39 is 0 Å². The van der Waals surface area contributed by atoms with Gasteiger partial charge in [0.1, 0.15) is 0 Å². The van der Waals surface area contributed by atoms with Gasteiger partial charge in [-0.05, 0) is 68.6 Å². The molecule has 2 amide bonds. The van der Waals surface area contributed by atoms with E-state index in [0.717, 1.165) is 17.8 Å². The summed E-state index contributed by atoms with van der Waals surface area (Å²) in [6.07, 6.45) is 8.29. The lowest BCUT2D eigenvalue weighted by Gasteiger charge is -2.60. The molecule has 5 rings (SSSR count). The normalized spacial score (nSPS) is 45.5. The lowest BCUT2D eigenvalue weighted by Crippen LogP contribution is -2.61. The van der Waals surface area contributed by atoms with Crippen LogP contribution in [0, 0.1) is 23.2 Å². The van der Waals surface area contributed by atoms with Crippen LogP contribution in [0.4, 0.5) is 0 Å². The summed E-state index contributed by atoms with van der Waals surface area (Å²) in [5.74, 6) is 2.49. The number of imide groups is 1. The van der Waals surface area contributed by atoms with Crippen LogP contribution in [0.2, 0.25) is 0 Å². The van der Waals surface area contributed by atoms with Gasteiger partial charge in [0.2, 0.25) is 11.8 Å². The van der Waals surface area contributed by atoms with Crippen LogP contribution in [0.15, 0.2) is 0 Å². The monoisotopic (exact) mass is 276 g/mol. The van der Waals surface area contributed by atoms with Gasteiger partial charge in [0.15, 0.2) is 0 Å². The van der Waals surface area contributed by atoms with Crippen molar-refractivity contribution in [3.8, 4) is 0 Å². The van der Waals surface area contributed by atoms with Crippen LogP contribution in [0.25, 0.3) is 0 Å². The molecule has 110 valence electrons. The Hall–Kier alpha value is -0.900. The standard InChI is InChI=1S/C16H24N2O2/c1-10(18-8-14(19)17-15(20)9-18)16-5-11-2-12(6-16)4-13(3-11)7-16/h10-13H,2-9H2,1H3,(H,17,19,20). The van der Waals surface area contributed by atoms with E-state index in [1.165, 1.54) is 38.5 Å². The van der Waals surface area contributed by atoms with Crippen LogP contribution in [0.5, 0.6) is 0 Å². The highest BCUT2D eigenvalue weighted by Gasteiger charge is 2.54. The minimum atomic E-state index is -0.127. The maximum Gasteiger partial charge on any atom is 0.240 e. The topological polar surface area (TPSA) is 49.4 Å². The Balaban J connectivity index is 1.57. The van der Waals surface area contributed by atoms with E-state index in [-0.39, 0.29) is 11.8 Å². The third-order valence-corrected chi connectivity index (χ3v) is 6.49. The summed E-state index contributed by atoms with van der Waals surface area (Å²) < 4.78 is 0. The second kappa shape index (κ2) is 4.30. The summed E-state index contributed by atoms with van der Waals surface area (Å²) in [7, 11) is 0. The predicted octanol–water partition coefficient (Wildman–Crippen LogP) is 1.55. The van der Waals surface area contributed by atoms with Crippen LogP contribution in [-0.2, 0) is 9.59 Å². The molecule has 1 saturated heterocycles. The molecule has 4 nitrogen and oxygen atoms in total. The number of carbonyl (C=O) groups is 2. The third kappa shape index (κ3) is 1.92. The van der Waals surface area contributed by atoms with E-state index in [1.54, 1.807) is 0 Å². The second-order valence-electron chi connectivity index (χ2n) is 7.83. The first-order valence-corrected chi connectivity index (χ1v) is 8.11. The molecule has 5 aliphatic rings. The molecule has 1 atom stereocenters. The molecule has 1 N–H and O–H groups in total. The smallest absolute Gasteiger partial charge is 0.240 e. The highest BCUT2D eigenvalue weighted by molar-refractivity contribution is 5.99. The molecular weight excluding hydrogens is 252 g/mol. The van der Waals surface area contributed by atoms with Crippen LogP contribution in [0.3, 0.4) is 0 Å². The molecule has 5 fully saturated rings. The number of nitrogens with one attached hydrogen (secondary N) is 1. The largest absolute Gasteiger partial charge is 0.294 e. The number of hydrogen-bond acceptors (Lipinski definition) is 3. The van der Waals surface area contributed by atoms with Crippen LogP contribution in [-0.4, -0.2) is 35.8 Å². The summed E-state index contributed by atoms with van der Waals surface area (Å²) in [4.78, 5) is 25.4. The zero-order chi connectivity index (χ0) is 13.9. The first-order chi connectivity index (χ1) is 9.54. The number of hydrogen-bond donors (Lipinski definition) is 1. The van der Waals surface area contributed by atoms with Crippen LogP contribution >= 0.6 is 0 Å². The Bertz CT molecular complexity index is 408. The highest BCUT2D eigenvalue weighted by atomic mass is 16.2. The van der Waals surface area contributed by atoms with Gasteiger partial charge in [-0.15, -0.1) is 0 Å². The van der Waals surface area contributed by atoms with Gasteiger partial charge < -0.3 is 0 Å². The van der Waals surface area contributed by atoms with Crippen molar-refractivity contribution in [2.24, 2.45) is 23.2 Å². The minimum Gasteiger partial charge on any atom is -0.294 e. The van der Waals surface area contributed by atoms with E-state index >= 15 is 0 Å². The minimum absolute atomic E-state index is 0.127. The Morgan fingerprint density at radius 1 is 1.00 bits per heavy atom. The van der Waals surface area contributed by atoms with Crippen LogP contribution in [0.1, 0.15) is 45.4 Å². The molecule has 4 bridgehead atoms. The zero-order valence-corrected chi connectivity index (χ0v) is 12.2. The van der Waals surface area contributed by atoms with Crippen molar-refractivity contribution in [3.05, 3.63) is 0 Å².